The van der Waals surface area contributed by atoms with Gasteiger partial charge in [-0.1, -0.05) is 29.8 Å². The molecule has 0 saturated heterocycles. The Hall–Kier alpha value is -1.61. The predicted octanol–water partition coefficient (Wildman–Crippen LogP) is 3.39. The van der Waals surface area contributed by atoms with Gasteiger partial charge in [0.05, 0.1) is 6.04 Å². The van der Waals surface area contributed by atoms with Crippen LogP contribution in [-0.2, 0) is 6.42 Å². The zero-order chi connectivity index (χ0) is 13.7. The van der Waals surface area contributed by atoms with Gasteiger partial charge in [-0.2, -0.15) is 0 Å². The molecule has 3 nitrogen and oxygen atoms in total. The van der Waals surface area contributed by atoms with Gasteiger partial charge in [-0.15, -0.1) is 0 Å². The van der Waals surface area contributed by atoms with Gasteiger partial charge in [0.1, 0.15) is 5.82 Å². The zero-order valence-corrected chi connectivity index (χ0v) is 12.0. The number of nitrogens with zero attached hydrogens (tertiary/aromatic N) is 1. The molecular formula is C16H23N3. The summed E-state index contributed by atoms with van der Waals surface area (Å²) in [7, 11) is 0. The van der Waals surface area contributed by atoms with E-state index in [1.54, 1.807) is 6.20 Å². The fourth-order valence-electron chi connectivity index (χ4n) is 2.35. The zero-order valence-electron chi connectivity index (χ0n) is 12.0. The first-order chi connectivity index (χ1) is 9.15. The third-order valence-corrected chi connectivity index (χ3v) is 3.41. The number of aromatic amines is 1. The van der Waals surface area contributed by atoms with E-state index in [4.69, 9.17) is 0 Å². The maximum Gasteiger partial charge on any atom is 0.122 e. The first kappa shape index (κ1) is 13.8. The number of hydrogen-bond acceptors (Lipinski definition) is 2. The molecule has 2 unspecified atom stereocenters. The van der Waals surface area contributed by atoms with Crippen LogP contribution < -0.4 is 5.32 Å². The van der Waals surface area contributed by atoms with Crippen molar-refractivity contribution in [1.82, 2.24) is 15.3 Å². The Bertz CT molecular complexity index is 490. The van der Waals surface area contributed by atoms with Gasteiger partial charge in [0.15, 0.2) is 0 Å². The number of nitrogens with one attached hydrogen (secondary N) is 2. The summed E-state index contributed by atoms with van der Waals surface area (Å²) < 4.78 is 0. The Labute approximate surface area is 115 Å². The second-order valence-electron chi connectivity index (χ2n) is 5.29. The summed E-state index contributed by atoms with van der Waals surface area (Å²) in [6.45, 7) is 6.52. The number of benzene rings is 1. The minimum atomic E-state index is 0.266. The normalized spacial score (nSPS) is 14.3. The van der Waals surface area contributed by atoms with Crippen molar-refractivity contribution < 1.29 is 0 Å². The lowest BCUT2D eigenvalue weighted by Crippen LogP contribution is -2.30. The standard InChI is InChI=1S/C16H23N3/c1-12-5-4-6-15(11-12)8-7-13(2)19-14(3)16-17-9-10-18-16/h4-6,9-11,13-14,19H,7-8H2,1-3H3,(H,17,18). The molecule has 2 rings (SSSR count). The molecule has 0 bridgehead atoms. The summed E-state index contributed by atoms with van der Waals surface area (Å²) in [5.41, 5.74) is 2.75. The molecule has 0 amide bonds. The Morgan fingerprint density at radius 3 is 2.84 bits per heavy atom. The lowest BCUT2D eigenvalue weighted by Gasteiger charge is -2.18. The molecule has 1 aromatic heterocycles. The van der Waals surface area contributed by atoms with Crippen LogP contribution in [0.1, 0.15) is 43.3 Å². The molecule has 2 atom stereocenters. The Morgan fingerprint density at radius 2 is 2.16 bits per heavy atom. The first-order valence-corrected chi connectivity index (χ1v) is 6.96. The van der Waals surface area contributed by atoms with E-state index in [9.17, 15) is 0 Å². The van der Waals surface area contributed by atoms with Gasteiger partial charge in [-0.3, -0.25) is 0 Å². The van der Waals surface area contributed by atoms with Crippen LogP contribution in [0, 0.1) is 6.92 Å². The van der Waals surface area contributed by atoms with E-state index in [1.807, 2.05) is 6.20 Å². The Kier molecular flexibility index (Phi) is 4.74. The van der Waals surface area contributed by atoms with Gasteiger partial charge in [-0.25, -0.2) is 4.98 Å². The van der Waals surface area contributed by atoms with E-state index in [1.165, 1.54) is 11.1 Å². The van der Waals surface area contributed by atoms with E-state index >= 15 is 0 Å². The molecule has 2 N–H and O–H groups in total. The molecule has 2 aromatic rings. The van der Waals surface area contributed by atoms with Gasteiger partial charge in [-0.05, 0) is 39.2 Å². The van der Waals surface area contributed by atoms with Crippen LogP contribution in [0.15, 0.2) is 36.7 Å². The lowest BCUT2D eigenvalue weighted by molar-refractivity contribution is 0.445. The predicted molar refractivity (Wildman–Crippen MR) is 79.1 cm³/mol. The molecule has 0 spiro atoms. The van der Waals surface area contributed by atoms with E-state index < -0.39 is 0 Å². The molecule has 0 radical (unpaired) electrons. The van der Waals surface area contributed by atoms with Gasteiger partial charge in [0, 0.05) is 18.4 Å². The Balaban J connectivity index is 1.80. The van der Waals surface area contributed by atoms with Gasteiger partial charge < -0.3 is 10.3 Å². The molecule has 0 aliphatic rings. The molecule has 19 heavy (non-hydrogen) atoms. The Morgan fingerprint density at radius 1 is 1.32 bits per heavy atom. The first-order valence-electron chi connectivity index (χ1n) is 6.96. The van der Waals surface area contributed by atoms with Crippen molar-refractivity contribution in [3.63, 3.8) is 0 Å². The molecule has 102 valence electrons. The van der Waals surface area contributed by atoms with E-state index in [2.05, 4.69) is 60.3 Å². The lowest BCUT2D eigenvalue weighted by atomic mass is 10.0. The van der Waals surface area contributed by atoms with E-state index in [0.717, 1.165) is 18.7 Å². The van der Waals surface area contributed by atoms with Crippen LogP contribution >= 0.6 is 0 Å². The fraction of sp³-hybridized carbons (Fsp3) is 0.438. The monoisotopic (exact) mass is 257 g/mol. The van der Waals surface area contributed by atoms with Crippen LogP contribution in [-0.4, -0.2) is 16.0 Å². The molecule has 1 heterocycles. The van der Waals surface area contributed by atoms with E-state index in [-0.39, 0.29) is 6.04 Å². The van der Waals surface area contributed by atoms with Crippen molar-refractivity contribution in [2.45, 2.75) is 45.7 Å². The summed E-state index contributed by atoms with van der Waals surface area (Å²) in [5.74, 6) is 1.00. The second-order valence-corrected chi connectivity index (χ2v) is 5.29. The van der Waals surface area contributed by atoms with Crippen LogP contribution in [0.25, 0.3) is 0 Å². The van der Waals surface area contributed by atoms with Crippen molar-refractivity contribution in [3.05, 3.63) is 53.6 Å². The van der Waals surface area contributed by atoms with E-state index in [0.29, 0.717) is 6.04 Å². The average Bonchev–Trinajstić information content (AvgIpc) is 2.90. The van der Waals surface area contributed by atoms with Gasteiger partial charge in [0.25, 0.3) is 0 Å². The molecule has 3 heteroatoms. The van der Waals surface area contributed by atoms with Crippen molar-refractivity contribution >= 4 is 0 Å². The van der Waals surface area contributed by atoms with Crippen LogP contribution in [0.2, 0.25) is 0 Å². The summed E-state index contributed by atoms with van der Waals surface area (Å²) >= 11 is 0. The summed E-state index contributed by atoms with van der Waals surface area (Å²) in [5, 5.41) is 3.57. The van der Waals surface area contributed by atoms with Crippen LogP contribution in [0.4, 0.5) is 0 Å². The van der Waals surface area contributed by atoms with Crippen LogP contribution in [0.5, 0.6) is 0 Å². The quantitative estimate of drug-likeness (QED) is 0.832. The fourth-order valence-corrected chi connectivity index (χ4v) is 2.35. The molecule has 0 aliphatic carbocycles. The average molecular weight is 257 g/mol. The highest BCUT2D eigenvalue weighted by Crippen LogP contribution is 2.11. The highest BCUT2D eigenvalue weighted by atomic mass is 15.0. The minimum absolute atomic E-state index is 0.266. The third kappa shape index (κ3) is 4.21. The number of H-pyrrole nitrogens is 1. The maximum atomic E-state index is 4.28. The number of rotatable bonds is 6. The summed E-state index contributed by atoms with van der Waals surface area (Å²) in [4.78, 5) is 7.43. The number of imidazole rings is 1. The van der Waals surface area contributed by atoms with Crippen LogP contribution in [0.3, 0.4) is 0 Å². The van der Waals surface area contributed by atoms with Crippen molar-refractivity contribution in [2.24, 2.45) is 0 Å². The highest BCUT2D eigenvalue weighted by Gasteiger charge is 2.11. The largest absolute Gasteiger partial charge is 0.347 e. The molecule has 0 fully saturated rings. The second kappa shape index (κ2) is 6.53. The number of aryl methyl sites for hydroxylation is 2. The van der Waals surface area contributed by atoms with Crippen molar-refractivity contribution in [3.8, 4) is 0 Å². The van der Waals surface area contributed by atoms with Crippen molar-refractivity contribution in [1.29, 1.82) is 0 Å². The number of aromatic nitrogens is 2. The summed E-state index contributed by atoms with van der Waals surface area (Å²) in [6, 6.07) is 9.49. The molecule has 0 aliphatic heterocycles. The number of hydrogen-bond donors (Lipinski definition) is 2. The highest BCUT2D eigenvalue weighted by molar-refractivity contribution is 5.22. The molecular weight excluding hydrogens is 234 g/mol. The molecule has 1 aromatic carbocycles. The molecule has 0 saturated carbocycles. The third-order valence-electron chi connectivity index (χ3n) is 3.41. The van der Waals surface area contributed by atoms with Crippen molar-refractivity contribution in [2.75, 3.05) is 0 Å². The van der Waals surface area contributed by atoms with Gasteiger partial charge >= 0.3 is 0 Å². The maximum absolute atomic E-state index is 4.28. The SMILES string of the molecule is Cc1cccc(CCC(C)NC(C)c2ncc[nH]2)c1. The summed E-state index contributed by atoms with van der Waals surface area (Å²) in [6.07, 6.45) is 5.91. The topological polar surface area (TPSA) is 40.7 Å². The minimum Gasteiger partial charge on any atom is -0.347 e. The smallest absolute Gasteiger partial charge is 0.122 e. The van der Waals surface area contributed by atoms with Gasteiger partial charge in [0.2, 0.25) is 0 Å².